The van der Waals surface area contributed by atoms with Crippen LogP contribution < -0.4 is 4.74 Å². The number of allylic oxidation sites excluding steroid dienone is 1. The molecule has 3 aromatic carbocycles. The molecule has 0 N–H and O–H groups in total. The summed E-state index contributed by atoms with van der Waals surface area (Å²) in [4.78, 5) is 12.5. The van der Waals surface area contributed by atoms with Crippen LogP contribution >= 0.6 is 0 Å². The van der Waals surface area contributed by atoms with E-state index < -0.39 is 0 Å². The molecule has 2 nitrogen and oxygen atoms in total. The van der Waals surface area contributed by atoms with Crippen molar-refractivity contribution >= 4 is 22.6 Å². The van der Waals surface area contributed by atoms with E-state index in [0.717, 1.165) is 10.9 Å². The minimum Gasteiger partial charge on any atom is -0.490 e. The van der Waals surface area contributed by atoms with Gasteiger partial charge in [0, 0.05) is 0 Å². The third-order valence-corrected chi connectivity index (χ3v) is 3.72. The van der Waals surface area contributed by atoms with Gasteiger partial charge in [-0.1, -0.05) is 54.6 Å². The topological polar surface area (TPSA) is 26.3 Å². The molecule has 3 rings (SSSR count). The molecule has 0 heterocycles. The normalized spacial score (nSPS) is 11.3. The molecule has 24 heavy (non-hydrogen) atoms. The summed E-state index contributed by atoms with van der Waals surface area (Å²) in [6, 6.07) is 21.7. The van der Waals surface area contributed by atoms with Crippen molar-refractivity contribution in [2.45, 2.75) is 20.0 Å². The second kappa shape index (κ2) is 7.14. The number of carbonyl (C=O) groups is 1. The van der Waals surface area contributed by atoms with Crippen molar-refractivity contribution in [2.24, 2.45) is 0 Å². The van der Waals surface area contributed by atoms with Gasteiger partial charge in [-0.15, -0.1) is 0 Å². The lowest BCUT2D eigenvalue weighted by atomic mass is 10.0. The van der Waals surface area contributed by atoms with Crippen molar-refractivity contribution in [1.29, 1.82) is 0 Å². The van der Waals surface area contributed by atoms with E-state index in [1.54, 1.807) is 12.1 Å². The molecule has 0 fully saturated rings. The Kier molecular flexibility index (Phi) is 4.76. The van der Waals surface area contributed by atoms with E-state index in [9.17, 15) is 4.79 Å². The lowest BCUT2D eigenvalue weighted by Crippen LogP contribution is -2.09. The molecule has 120 valence electrons. The van der Waals surface area contributed by atoms with E-state index in [4.69, 9.17) is 4.74 Å². The van der Waals surface area contributed by atoms with E-state index in [1.165, 1.54) is 5.39 Å². The number of ketones is 1. The van der Waals surface area contributed by atoms with E-state index in [0.29, 0.717) is 11.3 Å². The molecule has 0 saturated heterocycles. The van der Waals surface area contributed by atoms with Crippen LogP contribution in [0.15, 0.2) is 72.8 Å². The van der Waals surface area contributed by atoms with Crippen molar-refractivity contribution in [3.8, 4) is 5.75 Å². The number of carbonyl (C=O) groups excluding carboxylic acids is 1. The van der Waals surface area contributed by atoms with Crippen LogP contribution in [0.25, 0.3) is 16.8 Å². The number of rotatable bonds is 5. The van der Waals surface area contributed by atoms with Crippen LogP contribution in [0.5, 0.6) is 5.75 Å². The molecule has 0 bridgehead atoms. The van der Waals surface area contributed by atoms with Gasteiger partial charge in [-0.3, -0.25) is 4.79 Å². The van der Waals surface area contributed by atoms with Crippen LogP contribution in [0, 0.1) is 0 Å². The van der Waals surface area contributed by atoms with Crippen molar-refractivity contribution in [3.63, 3.8) is 0 Å². The predicted octanol–water partition coefficient (Wildman–Crippen LogP) is 5.52. The zero-order valence-electron chi connectivity index (χ0n) is 13.9. The van der Waals surface area contributed by atoms with Gasteiger partial charge in [-0.2, -0.15) is 0 Å². The van der Waals surface area contributed by atoms with Crippen LogP contribution in [-0.4, -0.2) is 11.9 Å². The fraction of sp³-hybridized carbons (Fsp3) is 0.136. The van der Waals surface area contributed by atoms with Gasteiger partial charge in [0.1, 0.15) is 5.75 Å². The standard InChI is InChI=1S/C22H20O2/c1-16(2)24-22-10-6-5-9-20(22)21(23)14-12-17-11-13-18-7-3-4-8-19(18)15-17/h3-16H,1-2H3/b14-12+. The molecule has 0 radical (unpaired) electrons. The number of ether oxygens (including phenoxy) is 1. The van der Waals surface area contributed by atoms with Gasteiger partial charge in [-0.05, 0) is 54.5 Å². The molecular formula is C22H20O2. The third kappa shape index (κ3) is 3.72. The molecule has 0 aliphatic carbocycles. The van der Waals surface area contributed by atoms with Gasteiger partial charge in [0.05, 0.1) is 11.7 Å². The zero-order chi connectivity index (χ0) is 16.9. The summed E-state index contributed by atoms with van der Waals surface area (Å²) >= 11 is 0. The quantitative estimate of drug-likeness (QED) is 0.457. The molecular weight excluding hydrogens is 296 g/mol. The van der Waals surface area contributed by atoms with Crippen molar-refractivity contribution < 1.29 is 9.53 Å². The summed E-state index contributed by atoms with van der Waals surface area (Å²) in [6.07, 6.45) is 3.48. The Hall–Kier alpha value is -2.87. The largest absolute Gasteiger partial charge is 0.490 e. The van der Waals surface area contributed by atoms with Crippen molar-refractivity contribution in [2.75, 3.05) is 0 Å². The van der Waals surface area contributed by atoms with Gasteiger partial charge >= 0.3 is 0 Å². The summed E-state index contributed by atoms with van der Waals surface area (Å²) < 4.78 is 5.72. The van der Waals surface area contributed by atoms with Crippen LogP contribution in [0.4, 0.5) is 0 Å². The predicted molar refractivity (Wildman–Crippen MR) is 99.5 cm³/mol. The Morgan fingerprint density at radius 2 is 1.62 bits per heavy atom. The summed E-state index contributed by atoms with van der Waals surface area (Å²) in [5.41, 5.74) is 1.59. The summed E-state index contributed by atoms with van der Waals surface area (Å²) in [5, 5.41) is 2.35. The maximum atomic E-state index is 12.5. The Morgan fingerprint density at radius 1 is 0.917 bits per heavy atom. The maximum Gasteiger partial charge on any atom is 0.189 e. The molecule has 0 atom stereocenters. The average molecular weight is 316 g/mol. The van der Waals surface area contributed by atoms with E-state index in [2.05, 4.69) is 24.3 Å². The molecule has 0 saturated carbocycles. The van der Waals surface area contributed by atoms with Gasteiger partial charge in [-0.25, -0.2) is 0 Å². The van der Waals surface area contributed by atoms with Crippen molar-refractivity contribution in [1.82, 2.24) is 0 Å². The molecule has 2 heteroatoms. The fourth-order valence-corrected chi connectivity index (χ4v) is 2.60. The number of para-hydroxylation sites is 1. The number of hydrogen-bond donors (Lipinski definition) is 0. The van der Waals surface area contributed by atoms with E-state index >= 15 is 0 Å². The van der Waals surface area contributed by atoms with Crippen LogP contribution in [-0.2, 0) is 0 Å². The molecule has 0 spiro atoms. The zero-order valence-corrected chi connectivity index (χ0v) is 13.9. The first-order valence-corrected chi connectivity index (χ1v) is 8.10. The highest BCUT2D eigenvalue weighted by Crippen LogP contribution is 2.21. The highest BCUT2D eigenvalue weighted by molar-refractivity contribution is 6.08. The van der Waals surface area contributed by atoms with Gasteiger partial charge < -0.3 is 4.74 Å². The molecule has 0 aromatic heterocycles. The molecule has 0 aliphatic rings. The second-order valence-electron chi connectivity index (χ2n) is 5.97. The Balaban J connectivity index is 1.84. The number of fused-ring (bicyclic) bond motifs is 1. The third-order valence-electron chi connectivity index (χ3n) is 3.72. The second-order valence-corrected chi connectivity index (χ2v) is 5.97. The SMILES string of the molecule is CC(C)Oc1ccccc1C(=O)/C=C/c1ccc2ccccc2c1. The summed E-state index contributed by atoms with van der Waals surface area (Å²) in [6.45, 7) is 3.90. The van der Waals surface area contributed by atoms with E-state index in [1.807, 2.05) is 56.3 Å². The van der Waals surface area contributed by atoms with E-state index in [-0.39, 0.29) is 11.9 Å². The van der Waals surface area contributed by atoms with Crippen molar-refractivity contribution in [3.05, 3.63) is 83.9 Å². The highest BCUT2D eigenvalue weighted by atomic mass is 16.5. The molecule has 0 amide bonds. The Morgan fingerprint density at radius 3 is 2.42 bits per heavy atom. The number of benzene rings is 3. The lowest BCUT2D eigenvalue weighted by Gasteiger charge is -2.12. The fourth-order valence-electron chi connectivity index (χ4n) is 2.60. The lowest BCUT2D eigenvalue weighted by molar-refractivity contribution is 0.104. The van der Waals surface area contributed by atoms with Gasteiger partial charge in [0.2, 0.25) is 0 Å². The monoisotopic (exact) mass is 316 g/mol. The van der Waals surface area contributed by atoms with Crippen LogP contribution in [0.3, 0.4) is 0 Å². The first kappa shape index (κ1) is 16.0. The first-order chi connectivity index (χ1) is 11.6. The summed E-state index contributed by atoms with van der Waals surface area (Å²) in [5.74, 6) is 0.570. The van der Waals surface area contributed by atoms with Crippen LogP contribution in [0.2, 0.25) is 0 Å². The molecule has 3 aromatic rings. The highest BCUT2D eigenvalue weighted by Gasteiger charge is 2.10. The smallest absolute Gasteiger partial charge is 0.189 e. The van der Waals surface area contributed by atoms with Crippen LogP contribution in [0.1, 0.15) is 29.8 Å². The molecule has 0 aliphatic heterocycles. The number of hydrogen-bond acceptors (Lipinski definition) is 2. The minimum absolute atomic E-state index is 0.0309. The van der Waals surface area contributed by atoms with Gasteiger partial charge in [0.15, 0.2) is 5.78 Å². The summed E-state index contributed by atoms with van der Waals surface area (Å²) in [7, 11) is 0. The average Bonchev–Trinajstić information content (AvgIpc) is 2.59. The molecule has 0 unspecified atom stereocenters. The Labute approximate surface area is 142 Å². The maximum absolute atomic E-state index is 12.5. The van der Waals surface area contributed by atoms with Gasteiger partial charge in [0.25, 0.3) is 0 Å². The first-order valence-electron chi connectivity index (χ1n) is 8.10. The minimum atomic E-state index is -0.0561. The Bertz CT molecular complexity index is 891.